The zero-order valence-electron chi connectivity index (χ0n) is 10.2. The van der Waals surface area contributed by atoms with Gasteiger partial charge in [-0.05, 0) is 30.0 Å². The van der Waals surface area contributed by atoms with Crippen LogP contribution >= 0.6 is 0 Å². The number of ether oxygens (including phenoxy) is 1. The number of phenols is 1. The third kappa shape index (κ3) is 4.44. The fourth-order valence-corrected chi connectivity index (χ4v) is 1.30. The summed E-state index contributed by atoms with van der Waals surface area (Å²) in [5, 5.41) is 9.12. The molecule has 1 unspecified atom stereocenters. The molecule has 0 aliphatic rings. The second kappa shape index (κ2) is 6.25. The van der Waals surface area contributed by atoms with E-state index in [4.69, 9.17) is 15.6 Å². The molecule has 0 fully saturated rings. The molecule has 0 saturated heterocycles. The van der Waals surface area contributed by atoms with Crippen LogP contribution in [0.15, 0.2) is 24.3 Å². The van der Waals surface area contributed by atoms with Crippen LogP contribution in [0.3, 0.4) is 0 Å². The highest BCUT2D eigenvalue weighted by Crippen LogP contribution is 2.16. The van der Waals surface area contributed by atoms with Crippen molar-refractivity contribution < 1.29 is 14.6 Å². The summed E-state index contributed by atoms with van der Waals surface area (Å²) in [6.07, 6.45) is 0.827. The molecule has 0 spiro atoms. The third-order valence-electron chi connectivity index (χ3n) is 2.45. The van der Waals surface area contributed by atoms with Crippen molar-refractivity contribution in [3.63, 3.8) is 0 Å². The van der Waals surface area contributed by atoms with E-state index < -0.39 is 12.0 Å². The molecule has 0 heterocycles. The highest BCUT2D eigenvalue weighted by atomic mass is 16.5. The summed E-state index contributed by atoms with van der Waals surface area (Å²) in [5.74, 6) is 0.207. The molecule has 17 heavy (non-hydrogen) atoms. The van der Waals surface area contributed by atoms with Crippen LogP contribution in [-0.4, -0.2) is 17.7 Å². The van der Waals surface area contributed by atoms with Crippen LogP contribution in [-0.2, 0) is 9.53 Å². The number of aromatic hydroxyl groups is 1. The van der Waals surface area contributed by atoms with E-state index >= 15 is 0 Å². The van der Waals surface area contributed by atoms with Crippen LogP contribution in [0.5, 0.6) is 5.75 Å². The summed E-state index contributed by atoms with van der Waals surface area (Å²) < 4.78 is 5.07. The zero-order valence-corrected chi connectivity index (χ0v) is 10.2. The van der Waals surface area contributed by atoms with Crippen molar-refractivity contribution in [3.8, 4) is 5.75 Å². The van der Waals surface area contributed by atoms with E-state index in [1.807, 2.05) is 0 Å². The highest BCUT2D eigenvalue weighted by molar-refractivity contribution is 5.77. The molecule has 0 saturated carbocycles. The molecular weight excluding hydrogens is 218 g/mol. The molecule has 1 aromatic rings. The summed E-state index contributed by atoms with van der Waals surface area (Å²) in [4.78, 5) is 11.6. The van der Waals surface area contributed by atoms with Crippen LogP contribution in [0.4, 0.5) is 0 Å². The van der Waals surface area contributed by atoms with Gasteiger partial charge in [-0.15, -0.1) is 0 Å². The van der Waals surface area contributed by atoms with E-state index in [2.05, 4.69) is 13.8 Å². The van der Waals surface area contributed by atoms with E-state index in [1.54, 1.807) is 12.1 Å². The number of hydrogen-bond acceptors (Lipinski definition) is 4. The maximum Gasteiger partial charge on any atom is 0.327 e. The number of phenolic OH excluding ortho intramolecular Hbond substituents is 1. The Kier molecular flexibility index (Phi) is 4.97. The van der Waals surface area contributed by atoms with Gasteiger partial charge in [0.05, 0.1) is 6.61 Å². The predicted molar refractivity (Wildman–Crippen MR) is 65.4 cm³/mol. The lowest BCUT2D eigenvalue weighted by Gasteiger charge is -2.12. The summed E-state index contributed by atoms with van der Waals surface area (Å²) in [6.45, 7) is 4.52. The molecule has 0 amide bonds. The minimum atomic E-state index is -0.789. The minimum Gasteiger partial charge on any atom is -0.508 e. The van der Waals surface area contributed by atoms with Gasteiger partial charge in [-0.1, -0.05) is 26.0 Å². The Hall–Kier alpha value is -1.55. The molecule has 0 aliphatic carbocycles. The smallest absolute Gasteiger partial charge is 0.327 e. The Morgan fingerprint density at radius 1 is 1.35 bits per heavy atom. The molecule has 0 radical (unpaired) electrons. The van der Waals surface area contributed by atoms with Crippen molar-refractivity contribution >= 4 is 5.97 Å². The van der Waals surface area contributed by atoms with Gasteiger partial charge < -0.3 is 15.6 Å². The van der Waals surface area contributed by atoms with Crippen LogP contribution in [0, 0.1) is 5.92 Å². The topological polar surface area (TPSA) is 72.5 Å². The largest absolute Gasteiger partial charge is 0.508 e. The highest BCUT2D eigenvalue weighted by Gasteiger charge is 2.17. The molecule has 1 rings (SSSR count). The van der Waals surface area contributed by atoms with Crippen molar-refractivity contribution in [1.82, 2.24) is 0 Å². The van der Waals surface area contributed by atoms with Crippen LogP contribution in [0.2, 0.25) is 0 Å². The Bertz CT molecular complexity index is 359. The third-order valence-corrected chi connectivity index (χ3v) is 2.45. The molecule has 1 atom stereocenters. The summed E-state index contributed by atoms with van der Waals surface area (Å²) >= 11 is 0. The van der Waals surface area contributed by atoms with E-state index in [-0.39, 0.29) is 5.75 Å². The van der Waals surface area contributed by atoms with Crippen molar-refractivity contribution in [2.75, 3.05) is 6.61 Å². The van der Waals surface area contributed by atoms with Gasteiger partial charge in [0, 0.05) is 0 Å². The number of nitrogens with two attached hydrogens (primary N) is 1. The van der Waals surface area contributed by atoms with E-state index in [1.165, 1.54) is 12.1 Å². The summed E-state index contributed by atoms with van der Waals surface area (Å²) in [6, 6.07) is 5.43. The number of rotatable bonds is 5. The second-order valence-electron chi connectivity index (χ2n) is 4.42. The molecular formula is C13H19NO3. The Labute approximate surface area is 101 Å². The first kappa shape index (κ1) is 13.5. The van der Waals surface area contributed by atoms with Gasteiger partial charge in [0.2, 0.25) is 0 Å². The van der Waals surface area contributed by atoms with E-state index in [0.29, 0.717) is 18.1 Å². The van der Waals surface area contributed by atoms with Gasteiger partial charge in [0.15, 0.2) is 0 Å². The quantitative estimate of drug-likeness (QED) is 0.768. The van der Waals surface area contributed by atoms with Crippen molar-refractivity contribution in [3.05, 3.63) is 29.8 Å². The number of carbonyl (C=O) groups excluding carboxylic acids is 1. The number of benzene rings is 1. The average Bonchev–Trinajstić information content (AvgIpc) is 2.28. The Balaban J connectivity index is 2.49. The molecule has 0 aliphatic heterocycles. The molecule has 4 heteroatoms. The van der Waals surface area contributed by atoms with Gasteiger partial charge in [-0.2, -0.15) is 0 Å². The predicted octanol–water partition coefficient (Wildman–Crippen LogP) is 1.98. The average molecular weight is 237 g/mol. The first-order valence-electron chi connectivity index (χ1n) is 5.72. The molecule has 94 valence electrons. The minimum absolute atomic E-state index is 0.147. The molecule has 1 aromatic carbocycles. The SMILES string of the molecule is CC(C)CCOC(=O)C(N)c1ccc(O)cc1. The number of carbonyl (C=O) groups is 1. The van der Waals surface area contributed by atoms with Gasteiger partial charge in [-0.25, -0.2) is 4.79 Å². The van der Waals surface area contributed by atoms with Gasteiger partial charge in [0.1, 0.15) is 11.8 Å². The first-order valence-corrected chi connectivity index (χ1v) is 5.72. The lowest BCUT2D eigenvalue weighted by atomic mass is 10.1. The summed E-state index contributed by atoms with van der Waals surface area (Å²) in [7, 11) is 0. The Morgan fingerprint density at radius 2 is 1.94 bits per heavy atom. The second-order valence-corrected chi connectivity index (χ2v) is 4.42. The molecule has 0 bridgehead atoms. The lowest BCUT2D eigenvalue weighted by Crippen LogP contribution is -2.24. The standard InChI is InChI=1S/C13H19NO3/c1-9(2)7-8-17-13(16)12(14)10-3-5-11(15)6-4-10/h3-6,9,12,15H,7-8,14H2,1-2H3. The van der Waals surface area contributed by atoms with Crippen LogP contribution in [0.1, 0.15) is 31.9 Å². The van der Waals surface area contributed by atoms with Gasteiger partial charge in [0.25, 0.3) is 0 Å². The molecule has 3 N–H and O–H groups in total. The van der Waals surface area contributed by atoms with Gasteiger partial charge >= 0.3 is 5.97 Å². The molecule has 0 aromatic heterocycles. The van der Waals surface area contributed by atoms with Crippen molar-refractivity contribution in [2.24, 2.45) is 11.7 Å². The molecule has 4 nitrogen and oxygen atoms in total. The van der Waals surface area contributed by atoms with Crippen LogP contribution in [0.25, 0.3) is 0 Å². The van der Waals surface area contributed by atoms with E-state index in [9.17, 15) is 4.79 Å². The normalized spacial score (nSPS) is 12.5. The van der Waals surface area contributed by atoms with Crippen molar-refractivity contribution in [2.45, 2.75) is 26.3 Å². The number of esters is 1. The fourth-order valence-electron chi connectivity index (χ4n) is 1.30. The summed E-state index contributed by atoms with van der Waals surface area (Å²) in [5.41, 5.74) is 6.39. The maximum absolute atomic E-state index is 11.6. The number of hydrogen-bond donors (Lipinski definition) is 2. The zero-order chi connectivity index (χ0) is 12.8. The van der Waals surface area contributed by atoms with Gasteiger partial charge in [-0.3, -0.25) is 0 Å². The van der Waals surface area contributed by atoms with E-state index in [0.717, 1.165) is 6.42 Å². The fraction of sp³-hybridized carbons (Fsp3) is 0.462. The lowest BCUT2D eigenvalue weighted by molar-refractivity contribution is -0.145. The Morgan fingerprint density at radius 3 is 2.47 bits per heavy atom. The monoisotopic (exact) mass is 237 g/mol. The van der Waals surface area contributed by atoms with Crippen molar-refractivity contribution in [1.29, 1.82) is 0 Å². The first-order chi connectivity index (χ1) is 8.00. The van der Waals surface area contributed by atoms with Crippen LogP contribution < -0.4 is 5.73 Å². The maximum atomic E-state index is 11.6.